The van der Waals surface area contributed by atoms with E-state index in [4.69, 9.17) is 0 Å². The second-order valence-corrected chi connectivity index (χ2v) is 5.81. The van der Waals surface area contributed by atoms with Gasteiger partial charge in [0.25, 0.3) is 11.6 Å². The summed E-state index contributed by atoms with van der Waals surface area (Å²) in [5, 5.41) is 16.0. The van der Waals surface area contributed by atoms with Crippen LogP contribution in [0.5, 0.6) is 0 Å². The van der Waals surface area contributed by atoms with Gasteiger partial charge in [0.1, 0.15) is 0 Å². The number of amides is 2. The summed E-state index contributed by atoms with van der Waals surface area (Å²) >= 11 is 1.93. The van der Waals surface area contributed by atoms with Crippen molar-refractivity contribution in [2.24, 2.45) is 0 Å². The zero-order valence-corrected chi connectivity index (χ0v) is 13.8. The molecule has 0 fully saturated rings. The normalized spacial score (nSPS) is 10.3. The maximum absolute atomic E-state index is 12.0. The third kappa shape index (κ3) is 5.66. The summed E-state index contributed by atoms with van der Waals surface area (Å²) < 4.78 is 0.613. The van der Waals surface area contributed by atoms with Crippen molar-refractivity contribution in [1.82, 2.24) is 10.6 Å². The predicted octanol–water partition coefficient (Wildman–Crippen LogP) is 1.84. The fourth-order valence-corrected chi connectivity index (χ4v) is 2.16. The molecule has 0 aliphatic rings. The molecule has 0 saturated heterocycles. The molecule has 0 saturated carbocycles. The summed E-state index contributed by atoms with van der Waals surface area (Å²) in [6.07, 6.45) is 0.162. The van der Waals surface area contributed by atoms with Crippen molar-refractivity contribution in [2.75, 3.05) is 6.54 Å². The van der Waals surface area contributed by atoms with E-state index >= 15 is 0 Å². The number of rotatable bonds is 6. The Labute approximate surface area is 135 Å². The van der Waals surface area contributed by atoms with E-state index in [0.717, 1.165) is 0 Å². The van der Waals surface area contributed by atoms with Crippen molar-refractivity contribution >= 4 is 40.1 Å². The number of nitro benzene ring substituents is 1. The van der Waals surface area contributed by atoms with Gasteiger partial charge in [-0.2, -0.15) is 0 Å². The number of non-ortho nitro benzene ring substituents is 1. The highest BCUT2D eigenvalue weighted by atomic mass is 127. The van der Waals surface area contributed by atoms with Gasteiger partial charge in [0.05, 0.1) is 10.5 Å². The summed E-state index contributed by atoms with van der Waals surface area (Å²) in [6.45, 7) is 3.88. The molecule has 114 valence electrons. The van der Waals surface area contributed by atoms with Crippen LogP contribution in [0.15, 0.2) is 18.2 Å². The molecule has 0 heterocycles. The molecule has 1 rings (SSSR count). The van der Waals surface area contributed by atoms with E-state index in [1.54, 1.807) is 0 Å². The zero-order valence-electron chi connectivity index (χ0n) is 11.7. The molecule has 8 heteroatoms. The van der Waals surface area contributed by atoms with E-state index in [0.29, 0.717) is 3.57 Å². The number of nitro groups is 1. The van der Waals surface area contributed by atoms with Crippen LogP contribution < -0.4 is 10.6 Å². The van der Waals surface area contributed by atoms with Crippen LogP contribution in [0.3, 0.4) is 0 Å². The van der Waals surface area contributed by atoms with Crippen LogP contribution in [-0.4, -0.2) is 29.3 Å². The fraction of sp³-hybridized carbons (Fsp3) is 0.385. The highest BCUT2D eigenvalue weighted by Gasteiger charge is 2.15. The van der Waals surface area contributed by atoms with Crippen LogP contribution in [0, 0.1) is 13.7 Å². The number of halogens is 1. The van der Waals surface area contributed by atoms with Crippen molar-refractivity contribution in [2.45, 2.75) is 26.3 Å². The van der Waals surface area contributed by atoms with Crippen LogP contribution in [0.1, 0.15) is 30.6 Å². The predicted molar refractivity (Wildman–Crippen MR) is 86.0 cm³/mol. The Kier molecular flexibility index (Phi) is 6.53. The van der Waals surface area contributed by atoms with E-state index in [-0.39, 0.29) is 36.2 Å². The van der Waals surface area contributed by atoms with Gasteiger partial charge < -0.3 is 10.6 Å². The second kappa shape index (κ2) is 7.91. The smallest absolute Gasteiger partial charge is 0.270 e. The molecule has 0 aliphatic carbocycles. The number of carbonyl (C=O) groups excluding carboxylic acids is 2. The number of nitrogens with zero attached hydrogens (tertiary/aromatic N) is 1. The number of hydrogen-bond donors (Lipinski definition) is 2. The molecule has 21 heavy (non-hydrogen) atoms. The van der Waals surface area contributed by atoms with Gasteiger partial charge in [0, 0.05) is 34.7 Å². The lowest BCUT2D eigenvalue weighted by Gasteiger charge is -2.09. The molecule has 0 radical (unpaired) electrons. The lowest BCUT2D eigenvalue weighted by atomic mass is 10.2. The third-order valence-corrected chi connectivity index (χ3v) is 3.43. The van der Waals surface area contributed by atoms with Gasteiger partial charge in [-0.3, -0.25) is 19.7 Å². The topological polar surface area (TPSA) is 101 Å². The first-order chi connectivity index (χ1) is 9.81. The summed E-state index contributed by atoms with van der Waals surface area (Å²) in [7, 11) is 0. The molecule has 1 aromatic rings. The molecule has 0 unspecified atom stereocenters. The van der Waals surface area contributed by atoms with Crippen molar-refractivity contribution in [3.63, 3.8) is 0 Å². The van der Waals surface area contributed by atoms with Gasteiger partial charge in [0.15, 0.2) is 0 Å². The van der Waals surface area contributed by atoms with Gasteiger partial charge in [-0.15, -0.1) is 0 Å². The van der Waals surface area contributed by atoms with Gasteiger partial charge in [-0.05, 0) is 42.5 Å². The van der Waals surface area contributed by atoms with Gasteiger partial charge in [-0.1, -0.05) is 0 Å². The Balaban J connectivity index is 2.62. The van der Waals surface area contributed by atoms with Crippen LogP contribution in [0.25, 0.3) is 0 Å². The first-order valence-corrected chi connectivity index (χ1v) is 7.40. The standard InChI is InChI=1S/C13H16IN3O4/c1-8(2)16-12(18)5-6-15-13(19)10-7-9(17(20)21)3-4-11(10)14/h3-4,7-8H,5-6H2,1-2H3,(H,15,19)(H,16,18). The average molecular weight is 405 g/mol. The number of hydrogen-bond acceptors (Lipinski definition) is 4. The highest BCUT2D eigenvalue weighted by Crippen LogP contribution is 2.19. The van der Waals surface area contributed by atoms with Crippen molar-refractivity contribution < 1.29 is 14.5 Å². The molecule has 0 bridgehead atoms. The Bertz CT molecular complexity index is 560. The summed E-state index contributed by atoms with van der Waals surface area (Å²) in [4.78, 5) is 33.6. The minimum absolute atomic E-state index is 0.0472. The molecule has 0 aliphatic heterocycles. The van der Waals surface area contributed by atoms with Crippen LogP contribution in [-0.2, 0) is 4.79 Å². The Morgan fingerprint density at radius 1 is 1.38 bits per heavy atom. The minimum atomic E-state index is -0.553. The first-order valence-electron chi connectivity index (χ1n) is 6.32. The molecule has 2 amide bonds. The molecular weight excluding hydrogens is 389 g/mol. The Morgan fingerprint density at radius 3 is 2.62 bits per heavy atom. The molecule has 0 aromatic heterocycles. The highest BCUT2D eigenvalue weighted by molar-refractivity contribution is 14.1. The van der Waals surface area contributed by atoms with Crippen LogP contribution >= 0.6 is 22.6 Å². The second-order valence-electron chi connectivity index (χ2n) is 4.65. The Hall–Kier alpha value is -1.71. The van der Waals surface area contributed by atoms with Gasteiger partial charge in [0.2, 0.25) is 5.91 Å². The first kappa shape index (κ1) is 17.3. The summed E-state index contributed by atoms with van der Waals surface area (Å²) in [5.74, 6) is -0.584. The van der Waals surface area contributed by atoms with E-state index in [2.05, 4.69) is 10.6 Å². The lowest BCUT2D eigenvalue weighted by molar-refractivity contribution is -0.384. The summed E-state index contributed by atoms with van der Waals surface area (Å²) in [6, 6.07) is 4.13. The fourth-order valence-electron chi connectivity index (χ4n) is 1.58. The molecule has 0 atom stereocenters. The molecular formula is C13H16IN3O4. The van der Waals surface area contributed by atoms with E-state index in [1.807, 2.05) is 36.4 Å². The van der Waals surface area contributed by atoms with E-state index < -0.39 is 10.8 Å². The lowest BCUT2D eigenvalue weighted by Crippen LogP contribution is -2.34. The zero-order chi connectivity index (χ0) is 16.0. The van der Waals surface area contributed by atoms with E-state index in [1.165, 1.54) is 18.2 Å². The number of nitrogens with one attached hydrogen (secondary N) is 2. The molecule has 7 nitrogen and oxygen atoms in total. The molecule has 0 spiro atoms. The minimum Gasteiger partial charge on any atom is -0.354 e. The molecule has 1 aromatic carbocycles. The third-order valence-electron chi connectivity index (χ3n) is 2.49. The largest absolute Gasteiger partial charge is 0.354 e. The van der Waals surface area contributed by atoms with Crippen LogP contribution in [0.2, 0.25) is 0 Å². The average Bonchev–Trinajstić information content (AvgIpc) is 2.37. The quantitative estimate of drug-likeness (QED) is 0.429. The van der Waals surface area contributed by atoms with E-state index in [9.17, 15) is 19.7 Å². The number of benzene rings is 1. The summed E-state index contributed by atoms with van der Waals surface area (Å²) in [5.41, 5.74) is 0.0900. The monoisotopic (exact) mass is 405 g/mol. The van der Waals surface area contributed by atoms with Crippen molar-refractivity contribution in [3.05, 3.63) is 37.4 Å². The van der Waals surface area contributed by atoms with Gasteiger partial charge in [-0.25, -0.2) is 0 Å². The van der Waals surface area contributed by atoms with Gasteiger partial charge >= 0.3 is 0 Å². The van der Waals surface area contributed by atoms with Crippen LogP contribution in [0.4, 0.5) is 5.69 Å². The maximum atomic E-state index is 12.0. The Morgan fingerprint density at radius 2 is 2.05 bits per heavy atom. The number of carbonyl (C=O) groups is 2. The van der Waals surface area contributed by atoms with Crippen molar-refractivity contribution in [3.8, 4) is 0 Å². The molecule has 2 N–H and O–H groups in total. The maximum Gasteiger partial charge on any atom is 0.270 e. The SMILES string of the molecule is CC(C)NC(=O)CCNC(=O)c1cc([N+](=O)[O-])ccc1I. The van der Waals surface area contributed by atoms with Crippen molar-refractivity contribution in [1.29, 1.82) is 0 Å².